The quantitative estimate of drug-likeness (QED) is 0.859. The maximum Gasteiger partial charge on any atom is 0.119 e. The first kappa shape index (κ1) is 16.0. The minimum Gasteiger partial charge on any atom is -0.497 e. The number of benzene rings is 1. The number of aliphatic hydroxyl groups excluding tert-OH is 1. The van der Waals surface area contributed by atoms with Crippen molar-refractivity contribution in [1.29, 1.82) is 0 Å². The van der Waals surface area contributed by atoms with Crippen molar-refractivity contribution in [3.8, 4) is 5.75 Å². The lowest BCUT2D eigenvalue weighted by Crippen LogP contribution is -2.49. The van der Waals surface area contributed by atoms with E-state index >= 15 is 0 Å². The summed E-state index contributed by atoms with van der Waals surface area (Å²) in [5.74, 6) is 1.11. The van der Waals surface area contributed by atoms with Crippen molar-refractivity contribution >= 4 is 0 Å². The second-order valence-electron chi connectivity index (χ2n) is 6.39. The highest BCUT2D eigenvalue weighted by Crippen LogP contribution is 2.26. The molecule has 2 unspecified atom stereocenters. The van der Waals surface area contributed by atoms with Crippen molar-refractivity contribution < 1.29 is 9.84 Å². The van der Waals surface area contributed by atoms with Gasteiger partial charge in [-0.15, -0.1) is 0 Å². The molecule has 2 atom stereocenters. The molecule has 0 fully saturated rings. The van der Waals surface area contributed by atoms with Crippen molar-refractivity contribution in [1.82, 2.24) is 5.32 Å². The minimum atomic E-state index is -0.547. The second-order valence-corrected chi connectivity index (χ2v) is 6.39. The SMILES string of the molecule is COc1cccc(C(O)C(NC(C)(C)C)C(C)C)c1. The van der Waals surface area contributed by atoms with E-state index in [-0.39, 0.29) is 11.6 Å². The Labute approximate surface area is 117 Å². The number of rotatable bonds is 5. The Balaban J connectivity index is 2.95. The molecule has 2 N–H and O–H groups in total. The monoisotopic (exact) mass is 265 g/mol. The summed E-state index contributed by atoms with van der Waals surface area (Å²) < 4.78 is 5.21. The molecule has 1 aromatic rings. The van der Waals surface area contributed by atoms with Gasteiger partial charge < -0.3 is 15.2 Å². The molecular formula is C16H27NO2. The molecule has 108 valence electrons. The van der Waals surface area contributed by atoms with Gasteiger partial charge in [0.1, 0.15) is 5.75 Å². The highest BCUT2D eigenvalue weighted by molar-refractivity contribution is 5.30. The van der Waals surface area contributed by atoms with E-state index in [1.807, 2.05) is 24.3 Å². The summed E-state index contributed by atoms with van der Waals surface area (Å²) in [6.07, 6.45) is -0.547. The van der Waals surface area contributed by atoms with Crippen molar-refractivity contribution in [3.05, 3.63) is 29.8 Å². The molecule has 3 nitrogen and oxygen atoms in total. The molecular weight excluding hydrogens is 238 g/mol. The lowest BCUT2D eigenvalue weighted by Gasteiger charge is -2.34. The van der Waals surface area contributed by atoms with E-state index in [0.717, 1.165) is 11.3 Å². The zero-order valence-corrected chi connectivity index (χ0v) is 12.9. The molecule has 0 aliphatic carbocycles. The zero-order chi connectivity index (χ0) is 14.6. The summed E-state index contributed by atoms with van der Waals surface area (Å²) in [6, 6.07) is 7.63. The number of ether oxygens (including phenoxy) is 1. The zero-order valence-electron chi connectivity index (χ0n) is 12.9. The maximum absolute atomic E-state index is 10.6. The molecule has 1 rings (SSSR count). The van der Waals surface area contributed by atoms with Gasteiger partial charge in [0.25, 0.3) is 0 Å². The molecule has 0 spiro atoms. The summed E-state index contributed by atoms with van der Waals surface area (Å²) in [7, 11) is 1.64. The van der Waals surface area contributed by atoms with Crippen LogP contribution in [-0.4, -0.2) is 23.8 Å². The lowest BCUT2D eigenvalue weighted by atomic mass is 9.91. The summed E-state index contributed by atoms with van der Waals surface area (Å²) in [4.78, 5) is 0. The molecule has 0 amide bonds. The van der Waals surface area contributed by atoms with E-state index in [4.69, 9.17) is 4.74 Å². The molecule has 0 bridgehead atoms. The van der Waals surface area contributed by atoms with Crippen LogP contribution in [0.2, 0.25) is 0 Å². The van der Waals surface area contributed by atoms with Crippen LogP contribution in [0.5, 0.6) is 5.75 Å². The number of hydrogen-bond donors (Lipinski definition) is 2. The van der Waals surface area contributed by atoms with Crippen LogP contribution >= 0.6 is 0 Å². The average molecular weight is 265 g/mol. The Hall–Kier alpha value is -1.06. The van der Waals surface area contributed by atoms with Crippen molar-refractivity contribution in [2.45, 2.75) is 52.3 Å². The Morgan fingerprint density at radius 1 is 1.21 bits per heavy atom. The van der Waals surface area contributed by atoms with Crippen molar-refractivity contribution in [3.63, 3.8) is 0 Å². The summed E-state index contributed by atoms with van der Waals surface area (Å²) >= 11 is 0. The van der Waals surface area contributed by atoms with Gasteiger partial charge in [0.15, 0.2) is 0 Å². The van der Waals surface area contributed by atoms with E-state index in [2.05, 4.69) is 39.9 Å². The van der Waals surface area contributed by atoms with Gasteiger partial charge in [-0.05, 0) is 44.4 Å². The first-order valence-electron chi connectivity index (χ1n) is 6.84. The summed E-state index contributed by atoms with van der Waals surface area (Å²) in [5.41, 5.74) is 0.851. The average Bonchev–Trinajstić information content (AvgIpc) is 2.34. The van der Waals surface area contributed by atoms with E-state index < -0.39 is 6.10 Å². The fraction of sp³-hybridized carbons (Fsp3) is 0.625. The number of nitrogens with one attached hydrogen (secondary N) is 1. The Morgan fingerprint density at radius 2 is 1.84 bits per heavy atom. The molecule has 0 radical (unpaired) electrons. The van der Waals surface area contributed by atoms with E-state index in [1.54, 1.807) is 7.11 Å². The van der Waals surface area contributed by atoms with Gasteiger partial charge in [0.05, 0.1) is 13.2 Å². The van der Waals surface area contributed by atoms with Crippen LogP contribution in [-0.2, 0) is 0 Å². The van der Waals surface area contributed by atoms with Gasteiger partial charge in [-0.3, -0.25) is 0 Å². The molecule has 0 aliphatic rings. The molecule has 0 saturated heterocycles. The molecule has 0 aliphatic heterocycles. The fourth-order valence-corrected chi connectivity index (χ4v) is 2.14. The lowest BCUT2D eigenvalue weighted by molar-refractivity contribution is 0.0892. The van der Waals surface area contributed by atoms with Gasteiger partial charge in [0.2, 0.25) is 0 Å². The van der Waals surface area contributed by atoms with Crippen LogP contribution < -0.4 is 10.1 Å². The van der Waals surface area contributed by atoms with Gasteiger partial charge in [-0.25, -0.2) is 0 Å². The second kappa shape index (κ2) is 6.40. The van der Waals surface area contributed by atoms with E-state index in [1.165, 1.54) is 0 Å². The Kier molecular flexibility index (Phi) is 5.39. The van der Waals surface area contributed by atoms with Crippen LogP contribution in [0.15, 0.2) is 24.3 Å². The van der Waals surface area contributed by atoms with Gasteiger partial charge in [-0.1, -0.05) is 26.0 Å². The largest absolute Gasteiger partial charge is 0.497 e. The first-order valence-corrected chi connectivity index (χ1v) is 6.84. The fourth-order valence-electron chi connectivity index (χ4n) is 2.14. The standard InChI is InChI=1S/C16H27NO2/c1-11(2)14(17-16(3,4)5)15(18)12-8-7-9-13(10-12)19-6/h7-11,14-15,17-18H,1-6H3. The molecule has 3 heteroatoms. The predicted octanol–water partition coefficient (Wildman–Crippen LogP) is 3.14. The van der Waals surface area contributed by atoms with Gasteiger partial charge in [0, 0.05) is 11.6 Å². The van der Waals surface area contributed by atoms with Crippen LogP contribution in [0.25, 0.3) is 0 Å². The van der Waals surface area contributed by atoms with Crippen LogP contribution in [0.4, 0.5) is 0 Å². The predicted molar refractivity (Wildman–Crippen MR) is 79.5 cm³/mol. The maximum atomic E-state index is 10.6. The van der Waals surface area contributed by atoms with E-state index in [0.29, 0.717) is 5.92 Å². The van der Waals surface area contributed by atoms with E-state index in [9.17, 15) is 5.11 Å². The third-order valence-electron chi connectivity index (χ3n) is 3.09. The number of hydrogen-bond acceptors (Lipinski definition) is 3. The highest BCUT2D eigenvalue weighted by Gasteiger charge is 2.27. The van der Waals surface area contributed by atoms with Gasteiger partial charge >= 0.3 is 0 Å². The van der Waals surface area contributed by atoms with Crippen LogP contribution in [0.1, 0.15) is 46.3 Å². The molecule has 19 heavy (non-hydrogen) atoms. The number of aliphatic hydroxyl groups is 1. The third kappa shape index (κ3) is 4.84. The summed E-state index contributed by atoms with van der Waals surface area (Å²) in [5, 5.41) is 14.1. The molecule has 0 aromatic heterocycles. The molecule has 1 aromatic carbocycles. The van der Waals surface area contributed by atoms with Gasteiger partial charge in [-0.2, -0.15) is 0 Å². The van der Waals surface area contributed by atoms with Crippen molar-refractivity contribution in [2.75, 3.05) is 7.11 Å². The van der Waals surface area contributed by atoms with Crippen LogP contribution in [0.3, 0.4) is 0 Å². The molecule has 0 saturated carbocycles. The Morgan fingerprint density at radius 3 is 2.32 bits per heavy atom. The first-order chi connectivity index (χ1) is 8.74. The number of methoxy groups -OCH3 is 1. The van der Waals surface area contributed by atoms with Crippen LogP contribution in [0, 0.1) is 5.92 Å². The molecule has 0 heterocycles. The smallest absolute Gasteiger partial charge is 0.119 e. The third-order valence-corrected chi connectivity index (χ3v) is 3.09. The highest BCUT2D eigenvalue weighted by atomic mass is 16.5. The normalized spacial score (nSPS) is 15.4. The van der Waals surface area contributed by atoms with Crippen molar-refractivity contribution in [2.24, 2.45) is 5.92 Å². The minimum absolute atomic E-state index is 0.00658. The summed E-state index contributed by atoms with van der Waals surface area (Å²) in [6.45, 7) is 10.6. The topological polar surface area (TPSA) is 41.5 Å². The Bertz CT molecular complexity index is 396.